The monoisotopic (exact) mass is 338 g/mol. The predicted molar refractivity (Wildman–Crippen MR) is 91.0 cm³/mol. The Labute approximate surface area is 131 Å². The highest BCUT2D eigenvalue weighted by atomic mass is 79.9. The van der Waals surface area contributed by atoms with E-state index >= 15 is 0 Å². The number of benzene rings is 1. The van der Waals surface area contributed by atoms with Crippen LogP contribution in [0, 0.1) is 11.8 Å². The molecule has 1 aromatic rings. The summed E-state index contributed by atoms with van der Waals surface area (Å²) in [6.45, 7) is 5.41. The van der Waals surface area contributed by atoms with Crippen molar-refractivity contribution in [2.45, 2.75) is 51.5 Å². The number of nitrogens with one attached hydrogen (secondary N) is 1. The molecule has 3 N–H and O–H groups in total. The van der Waals surface area contributed by atoms with Gasteiger partial charge in [0.05, 0.1) is 0 Å². The molecule has 1 saturated carbocycles. The van der Waals surface area contributed by atoms with Crippen molar-refractivity contribution in [1.29, 1.82) is 0 Å². The maximum Gasteiger partial charge on any atom is 0.0495 e. The lowest BCUT2D eigenvalue weighted by atomic mass is 9.86. The molecule has 0 spiro atoms. The molecule has 3 heteroatoms. The van der Waals surface area contributed by atoms with Crippen LogP contribution in [0.15, 0.2) is 28.7 Å². The lowest BCUT2D eigenvalue weighted by Gasteiger charge is -2.34. The smallest absolute Gasteiger partial charge is 0.0495 e. The second kappa shape index (κ2) is 6.95. The Morgan fingerprint density at radius 3 is 2.80 bits per heavy atom. The van der Waals surface area contributed by atoms with Crippen molar-refractivity contribution in [3.63, 3.8) is 0 Å². The summed E-state index contributed by atoms with van der Waals surface area (Å²) in [6, 6.07) is 8.40. The summed E-state index contributed by atoms with van der Waals surface area (Å²) in [5.41, 5.74) is 7.39. The molecule has 2 rings (SSSR count). The maximum atomic E-state index is 6.14. The van der Waals surface area contributed by atoms with Crippen molar-refractivity contribution < 1.29 is 0 Å². The highest BCUT2D eigenvalue weighted by molar-refractivity contribution is 9.10. The molecule has 0 bridgehead atoms. The Hall–Kier alpha value is -0.540. The molecule has 1 aliphatic rings. The molecule has 2 unspecified atom stereocenters. The van der Waals surface area contributed by atoms with Gasteiger partial charge in [-0.25, -0.2) is 0 Å². The fraction of sp³-hybridized carbons (Fsp3) is 0.647. The SMILES string of the molecule is CC(C)C1CCCC(CN)(Nc2cccc(Br)c2)CC1. The first-order valence-electron chi connectivity index (χ1n) is 7.78. The second-order valence-electron chi connectivity index (χ2n) is 6.55. The third-order valence-corrected chi connectivity index (χ3v) is 5.28. The molecule has 0 aromatic heterocycles. The van der Waals surface area contributed by atoms with E-state index in [4.69, 9.17) is 5.73 Å². The van der Waals surface area contributed by atoms with E-state index in [0.29, 0.717) is 6.54 Å². The topological polar surface area (TPSA) is 38.0 Å². The van der Waals surface area contributed by atoms with Gasteiger partial charge >= 0.3 is 0 Å². The van der Waals surface area contributed by atoms with Crippen LogP contribution < -0.4 is 11.1 Å². The van der Waals surface area contributed by atoms with E-state index in [-0.39, 0.29) is 5.54 Å². The Bertz CT molecular complexity index is 433. The number of anilines is 1. The zero-order chi connectivity index (χ0) is 14.6. The number of halogens is 1. The zero-order valence-corrected chi connectivity index (χ0v) is 14.2. The molecule has 0 radical (unpaired) electrons. The highest BCUT2D eigenvalue weighted by Crippen LogP contribution is 2.35. The first kappa shape index (κ1) is 15.8. The molecule has 0 saturated heterocycles. The Balaban J connectivity index is 2.09. The van der Waals surface area contributed by atoms with Gasteiger partial charge < -0.3 is 11.1 Å². The van der Waals surface area contributed by atoms with Gasteiger partial charge in [0.25, 0.3) is 0 Å². The minimum Gasteiger partial charge on any atom is -0.378 e. The van der Waals surface area contributed by atoms with Crippen molar-refractivity contribution in [2.75, 3.05) is 11.9 Å². The van der Waals surface area contributed by atoms with E-state index < -0.39 is 0 Å². The van der Waals surface area contributed by atoms with Gasteiger partial charge in [0.1, 0.15) is 0 Å². The Kier molecular flexibility index (Phi) is 5.50. The quantitative estimate of drug-likeness (QED) is 0.774. The molecule has 2 atom stereocenters. The first-order chi connectivity index (χ1) is 9.54. The molecular formula is C17H27BrN2. The largest absolute Gasteiger partial charge is 0.378 e. The lowest BCUT2D eigenvalue weighted by Crippen LogP contribution is -2.45. The predicted octanol–water partition coefficient (Wildman–Crippen LogP) is 4.79. The van der Waals surface area contributed by atoms with Gasteiger partial charge in [0.2, 0.25) is 0 Å². The van der Waals surface area contributed by atoms with Gasteiger partial charge in [-0.3, -0.25) is 0 Å². The molecule has 1 fully saturated rings. The fourth-order valence-corrected chi connectivity index (χ4v) is 3.75. The van der Waals surface area contributed by atoms with Crippen molar-refractivity contribution >= 4 is 21.6 Å². The van der Waals surface area contributed by atoms with Crippen LogP contribution in [-0.4, -0.2) is 12.1 Å². The van der Waals surface area contributed by atoms with Crippen LogP contribution in [0.1, 0.15) is 46.0 Å². The summed E-state index contributed by atoms with van der Waals surface area (Å²) < 4.78 is 1.11. The van der Waals surface area contributed by atoms with Crippen molar-refractivity contribution in [3.05, 3.63) is 28.7 Å². The minimum atomic E-state index is 0.0738. The fourth-order valence-electron chi connectivity index (χ4n) is 3.35. The highest BCUT2D eigenvalue weighted by Gasteiger charge is 2.32. The van der Waals surface area contributed by atoms with Gasteiger partial charge in [-0.1, -0.05) is 48.7 Å². The van der Waals surface area contributed by atoms with Crippen molar-refractivity contribution in [3.8, 4) is 0 Å². The van der Waals surface area contributed by atoms with Crippen molar-refractivity contribution in [1.82, 2.24) is 0 Å². The number of hydrogen-bond donors (Lipinski definition) is 2. The molecule has 0 aliphatic heterocycles. The van der Waals surface area contributed by atoms with Gasteiger partial charge in [-0.15, -0.1) is 0 Å². The summed E-state index contributed by atoms with van der Waals surface area (Å²) in [5.74, 6) is 1.64. The molecule has 20 heavy (non-hydrogen) atoms. The molecule has 2 nitrogen and oxygen atoms in total. The number of rotatable bonds is 4. The number of nitrogens with two attached hydrogens (primary N) is 1. The van der Waals surface area contributed by atoms with E-state index in [1.807, 2.05) is 0 Å². The molecule has 112 valence electrons. The van der Waals surface area contributed by atoms with Gasteiger partial charge in [-0.2, -0.15) is 0 Å². The lowest BCUT2D eigenvalue weighted by molar-refractivity contribution is 0.332. The third-order valence-electron chi connectivity index (χ3n) is 4.79. The van der Waals surface area contributed by atoms with Crippen LogP contribution >= 0.6 is 15.9 Å². The summed E-state index contributed by atoms with van der Waals surface area (Å²) in [7, 11) is 0. The van der Waals surface area contributed by atoms with E-state index in [9.17, 15) is 0 Å². The zero-order valence-electron chi connectivity index (χ0n) is 12.7. The van der Waals surface area contributed by atoms with Gasteiger partial charge in [0, 0.05) is 22.2 Å². The Morgan fingerprint density at radius 1 is 1.35 bits per heavy atom. The van der Waals surface area contributed by atoms with Crippen LogP contribution in [0.4, 0.5) is 5.69 Å². The molecule has 1 aliphatic carbocycles. The normalized spacial score (nSPS) is 27.4. The van der Waals surface area contributed by atoms with Crippen LogP contribution in [-0.2, 0) is 0 Å². The summed E-state index contributed by atoms with van der Waals surface area (Å²) >= 11 is 3.54. The number of hydrogen-bond acceptors (Lipinski definition) is 2. The first-order valence-corrected chi connectivity index (χ1v) is 8.58. The van der Waals surface area contributed by atoms with Crippen molar-refractivity contribution in [2.24, 2.45) is 17.6 Å². The molecule has 0 amide bonds. The summed E-state index contributed by atoms with van der Waals surface area (Å²) in [6.07, 6.45) is 6.27. The second-order valence-corrected chi connectivity index (χ2v) is 7.47. The minimum absolute atomic E-state index is 0.0738. The molecule has 0 heterocycles. The van der Waals surface area contributed by atoms with Crippen LogP contribution in [0.25, 0.3) is 0 Å². The van der Waals surface area contributed by atoms with Gasteiger partial charge in [-0.05, 0) is 49.3 Å². The molecular weight excluding hydrogens is 312 g/mol. The van der Waals surface area contributed by atoms with E-state index in [0.717, 1.165) is 16.3 Å². The van der Waals surface area contributed by atoms with Crippen LogP contribution in [0.2, 0.25) is 0 Å². The van der Waals surface area contributed by atoms with E-state index in [1.54, 1.807) is 0 Å². The third kappa shape index (κ3) is 3.98. The van der Waals surface area contributed by atoms with Crippen LogP contribution in [0.5, 0.6) is 0 Å². The molecule has 1 aromatic carbocycles. The average molecular weight is 339 g/mol. The van der Waals surface area contributed by atoms with E-state index in [1.165, 1.54) is 37.8 Å². The van der Waals surface area contributed by atoms with E-state index in [2.05, 4.69) is 59.4 Å². The summed E-state index contributed by atoms with van der Waals surface area (Å²) in [5, 5.41) is 3.73. The Morgan fingerprint density at radius 2 is 2.15 bits per heavy atom. The summed E-state index contributed by atoms with van der Waals surface area (Å²) in [4.78, 5) is 0. The standard InChI is InChI=1S/C17H27BrN2/c1-13(2)14-5-4-9-17(12-19,10-8-14)20-16-7-3-6-15(18)11-16/h3,6-7,11,13-14,20H,4-5,8-10,12,19H2,1-2H3. The van der Waals surface area contributed by atoms with Gasteiger partial charge in [0.15, 0.2) is 0 Å². The average Bonchev–Trinajstić information content (AvgIpc) is 2.62. The van der Waals surface area contributed by atoms with Crippen LogP contribution in [0.3, 0.4) is 0 Å². The maximum absolute atomic E-state index is 6.14.